The number of hydrogen-bond acceptors (Lipinski definition) is 2. The molecule has 0 aromatic carbocycles. The third kappa shape index (κ3) is 1.30. The van der Waals surface area contributed by atoms with E-state index in [2.05, 4.69) is 20.8 Å². The Morgan fingerprint density at radius 3 is 2.28 bits per heavy atom. The maximum atomic E-state index is 11.7. The van der Waals surface area contributed by atoms with E-state index >= 15 is 0 Å². The smallest absolute Gasteiger partial charge is 0.253 e. The molecule has 2 saturated carbocycles. The van der Waals surface area contributed by atoms with Crippen LogP contribution in [0, 0.1) is 22.7 Å². The first kappa shape index (κ1) is 11.9. The van der Waals surface area contributed by atoms with Crippen LogP contribution in [0.5, 0.6) is 0 Å². The summed E-state index contributed by atoms with van der Waals surface area (Å²) < 4.78 is 0. The second-order valence-corrected chi connectivity index (χ2v) is 6.93. The van der Waals surface area contributed by atoms with Crippen molar-refractivity contribution in [2.45, 2.75) is 40.0 Å². The average Bonchev–Trinajstić information content (AvgIpc) is 2.79. The molecule has 0 aromatic heterocycles. The topological polar surface area (TPSA) is 37.4 Å². The maximum absolute atomic E-state index is 11.7. The largest absolute Gasteiger partial charge is 0.275 e. The Bertz CT molecular complexity index is 433. The Kier molecular flexibility index (Phi) is 2.30. The maximum Gasteiger partial charge on any atom is 0.253 e. The Morgan fingerprint density at radius 2 is 1.83 bits per heavy atom. The highest BCUT2D eigenvalue weighted by atomic mass is 16.2. The minimum atomic E-state index is -0.135. The summed E-state index contributed by atoms with van der Waals surface area (Å²) in [6.45, 7) is 7.68. The summed E-state index contributed by atoms with van der Waals surface area (Å²) in [7, 11) is 0. The monoisotopic (exact) mass is 247 g/mol. The van der Waals surface area contributed by atoms with Gasteiger partial charge in [0.2, 0.25) is 0 Å². The fourth-order valence-electron chi connectivity index (χ4n) is 4.48. The predicted molar refractivity (Wildman–Crippen MR) is 68.6 cm³/mol. The van der Waals surface area contributed by atoms with Crippen molar-refractivity contribution in [1.82, 2.24) is 4.90 Å². The molecule has 0 N–H and O–H groups in total. The van der Waals surface area contributed by atoms with E-state index in [1.807, 2.05) is 0 Å². The standard InChI is InChI=1S/C15H21NO2/c1-14(2)10-6-7-15(14,3)11(8-10)9-16-12(17)4-5-13(16)18/h4-5,10-11H,6-9H2,1-3H3. The van der Waals surface area contributed by atoms with Gasteiger partial charge in [0, 0.05) is 18.7 Å². The number of rotatable bonds is 2. The number of imide groups is 1. The number of nitrogens with zero attached hydrogens (tertiary/aromatic N) is 1. The molecule has 3 nitrogen and oxygen atoms in total. The molecule has 18 heavy (non-hydrogen) atoms. The van der Waals surface area contributed by atoms with Crippen LogP contribution in [0.2, 0.25) is 0 Å². The minimum absolute atomic E-state index is 0.135. The highest BCUT2D eigenvalue weighted by Gasteiger charge is 2.61. The van der Waals surface area contributed by atoms with Gasteiger partial charge in [-0.15, -0.1) is 0 Å². The minimum Gasteiger partial charge on any atom is -0.275 e. The van der Waals surface area contributed by atoms with Crippen molar-refractivity contribution in [1.29, 1.82) is 0 Å². The van der Waals surface area contributed by atoms with E-state index in [1.54, 1.807) is 0 Å². The van der Waals surface area contributed by atoms with Gasteiger partial charge >= 0.3 is 0 Å². The van der Waals surface area contributed by atoms with Crippen LogP contribution < -0.4 is 0 Å². The highest BCUT2D eigenvalue weighted by molar-refractivity contribution is 6.12. The number of hydrogen-bond donors (Lipinski definition) is 0. The van der Waals surface area contributed by atoms with E-state index in [0.717, 1.165) is 5.92 Å². The van der Waals surface area contributed by atoms with Gasteiger partial charge in [0.1, 0.15) is 0 Å². The second-order valence-electron chi connectivity index (χ2n) is 6.93. The lowest BCUT2D eigenvalue weighted by Gasteiger charge is -2.40. The van der Waals surface area contributed by atoms with Gasteiger partial charge in [0.05, 0.1) is 0 Å². The molecule has 3 atom stereocenters. The van der Waals surface area contributed by atoms with Crippen LogP contribution in [0.1, 0.15) is 40.0 Å². The first-order valence-corrected chi connectivity index (χ1v) is 6.90. The van der Waals surface area contributed by atoms with Gasteiger partial charge in [0.15, 0.2) is 0 Å². The molecule has 3 aliphatic rings. The van der Waals surface area contributed by atoms with Crippen molar-refractivity contribution in [3.63, 3.8) is 0 Å². The van der Waals surface area contributed by atoms with E-state index in [4.69, 9.17) is 0 Å². The first-order valence-electron chi connectivity index (χ1n) is 6.90. The molecule has 2 fully saturated rings. The van der Waals surface area contributed by atoms with Crippen molar-refractivity contribution in [3.05, 3.63) is 12.2 Å². The van der Waals surface area contributed by atoms with E-state index in [0.29, 0.717) is 17.9 Å². The van der Waals surface area contributed by atoms with Gasteiger partial charge in [-0.05, 0) is 41.9 Å². The van der Waals surface area contributed by atoms with E-state index in [1.165, 1.54) is 36.3 Å². The van der Waals surface area contributed by atoms with E-state index < -0.39 is 0 Å². The summed E-state index contributed by atoms with van der Waals surface area (Å²) in [6, 6.07) is 0. The molecule has 3 unspecified atom stereocenters. The summed E-state index contributed by atoms with van der Waals surface area (Å²) in [5.41, 5.74) is 0.623. The van der Waals surface area contributed by atoms with Crippen molar-refractivity contribution in [2.24, 2.45) is 22.7 Å². The Morgan fingerprint density at radius 1 is 1.22 bits per heavy atom. The van der Waals surface area contributed by atoms with Crippen LogP contribution in [0.3, 0.4) is 0 Å². The Balaban J connectivity index is 1.80. The predicted octanol–water partition coefficient (Wildman–Crippen LogP) is 2.37. The molecule has 0 radical (unpaired) electrons. The Labute approximate surface area is 108 Å². The summed E-state index contributed by atoms with van der Waals surface area (Å²) >= 11 is 0. The van der Waals surface area contributed by atoms with Gasteiger partial charge in [0.25, 0.3) is 11.8 Å². The fraction of sp³-hybridized carbons (Fsp3) is 0.733. The van der Waals surface area contributed by atoms with Crippen LogP contribution in [0.25, 0.3) is 0 Å². The van der Waals surface area contributed by atoms with Gasteiger partial charge in [-0.25, -0.2) is 0 Å². The zero-order valence-electron chi connectivity index (χ0n) is 11.4. The van der Waals surface area contributed by atoms with Crippen molar-refractivity contribution >= 4 is 11.8 Å². The SMILES string of the molecule is CC1(C)C2CCC1(C)C(CN1C(=O)C=CC1=O)C2. The molecular formula is C15H21NO2. The molecule has 1 heterocycles. The zero-order valence-corrected chi connectivity index (χ0v) is 11.4. The molecular weight excluding hydrogens is 226 g/mol. The summed E-state index contributed by atoms with van der Waals surface area (Å²) in [4.78, 5) is 24.7. The van der Waals surface area contributed by atoms with Crippen molar-refractivity contribution in [2.75, 3.05) is 6.54 Å². The molecule has 98 valence electrons. The van der Waals surface area contributed by atoms with Gasteiger partial charge in [-0.1, -0.05) is 20.8 Å². The molecule has 2 bridgehead atoms. The van der Waals surface area contributed by atoms with Crippen molar-refractivity contribution in [3.8, 4) is 0 Å². The number of amides is 2. The van der Waals surface area contributed by atoms with Gasteiger partial charge in [-0.3, -0.25) is 14.5 Å². The summed E-state index contributed by atoms with van der Waals surface area (Å²) in [6.07, 6.45) is 6.49. The molecule has 2 amide bonds. The third-order valence-electron chi connectivity index (χ3n) is 6.28. The number of carbonyl (C=O) groups is 2. The lowest BCUT2D eigenvalue weighted by molar-refractivity contribution is -0.138. The van der Waals surface area contributed by atoms with Crippen LogP contribution in [-0.4, -0.2) is 23.3 Å². The molecule has 0 spiro atoms. The number of fused-ring (bicyclic) bond motifs is 2. The summed E-state index contributed by atoms with van der Waals surface area (Å²) in [5.74, 6) is 0.959. The molecule has 0 aromatic rings. The molecule has 0 saturated heterocycles. The van der Waals surface area contributed by atoms with E-state index in [-0.39, 0.29) is 17.2 Å². The van der Waals surface area contributed by atoms with Gasteiger partial charge in [-0.2, -0.15) is 0 Å². The molecule has 3 heteroatoms. The van der Waals surface area contributed by atoms with Crippen LogP contribution >= 0.6 is 0 Å². The van der Waals surface area contributed by atoms with E-state index in [9.17, 15) is 9.59 Å². The number of carbonyl (C=O) groups excluding carboxylic acids is 2. The summed E-state index contributed by atoms with van der Waals surface area (Å²) in [5, 5.41) is 0. The van der Waals surface area contributed by atoms with Gasteiger partial charge < -0.3 is 0 Å². The third-order valence-corrected chi connectivity index (χ3v) is 6.28. The lowest BCUT2D eigenvalue weighted by atomic mass is 9.66. The molecule has 3 rings (SSSR count). The normalized spacial score (nSPS) is 41.2. The highest BCUT2D eigenvalue weighted by Crippen LogP contribution is 2.68. The quantitative estimate of drug-likeness (QED) is 0.703. The fourth-order valence-corrected chi connectivity index (χ4v) is 4.48. The van der Waals surface area contributed by atoms with Crippen molar-refractivity contribution < 1.29 is 9.59 Å². The lowest BCUT2D eigenvalue weighted by Crippen LogP contribution is -2.41. The first-order chi connectivity index (χ1) is 8.36. The Hall–Kier alpha value is -1.12. The molecule has 1 aliphatic heterocycles. The molecule has 2 aliphatic carbocycles. The zero-order chi connectivity index (χ0) is 13.1. The second kappa shape index (κ2) is 3.46. The van der Waals surface area contributed by atoms with Crippen LogP contribution in [0.4, 0.5) is 0 Å². The van der Waals surface area contributed by atoms with Crippen LogP contribution in [-0.2, 0) is 9.59 Å². The van der Waals surface area contributed by atoms with Crippen LogP contribution in [0.15, 0.2) is 12.2 Å². The average molecular weight is 247 g/mol.